The van der Waals surface area contributed by atoms with Crippen LogP contribution in [0.1, 0.15) is 11.4 Å². The molecule has 1 aromatic heterocycles. The van der Waals surface area contributed by atoms with Crippen LogP contribution >= 0.6 is 15.9 Å². The van der Waals surface area contributed by atoms with Crippen LogP contribution in [0.4, 0.5) is 5.69 Å². The highest BCUT2D eigenvalue weighted by Gasteiger charge is 2.12. The highest BCUT2D eigenvalue weighted by atomic mass is 79.9. The monoisotopic (exact) mass is 315 g/mol. The molecule has 3 rings (SSSR count). The van der Waals surface area contributed by atoms with E-state index in [4.69, 9.17) is 5.73 Å². The van der Waals surface area contributed by atoms with E-state index in [9.17, 15) is 0 Å². The summed E-state index contributed by atoms with van der Waals surface area (Å²) in [5, 5.41) is 0. The average molecular weight is 316 g/mol. The molecule has 1 heterocycles. The Morgan fingerprint density at radius 1 is 1.16 bits per heavy atom. The van der Waals surface area contributed by atoms with Gasteiger partial charge in [-0.1, -0.05) is 22.0 Å². The molecule has 0 fully saturated rings. The van der Waals surface area contributed by atoms with Crippen molar-refractivity contribution in [3.05, 3.63) is 52.3 Å². The molecule has 0 bridgehead atoms. The summed E-state index contributed by atoms with van der Waals surface area (Å²) in [5.74, 6) is 0.960. The van der Waals surface area contributed by atoms with E-state index in [-0.39, 0.29) is 0 Å². The van der Waals surface area contributed by atoms with Crippen molar-refractivity contribution in [2.24, 2.45) is 0 Å². The zero-order valence-corrected chi connectivity index (χ0v) is 12.4. The second-order valence-electron chi connectivity index (χ2n) is 4.63. The Morgan fingerprint density at radius 2 is 1.95 bits per heavy atom. The van der Waals surface area contributed by atoms with Gasteiger partial charge in [-0.25, -0.2) is 4.98 Å². The summed E-state index contributed by atoms with van der Waals surface area (Å²) >= 11 is 3.58. The molecule has 0 saturated carbocycles. The van der Waals surface area contributed by atoms with E-state index >= 15 is 0 Å². The second kappa shape index (κ2) is 4.38. The third-order valence-corrected chi connectivity index (χ3v) is 4.19. The smallest absolute Gasteiger partial charge is 0.111 e. The van der Waals surface area contributed by atoms with Crippen LogP contribution in [0.2, 0.25) is 0 Å². The SMILES string of the molecule is Cc1c(Br)cccc1-n1c(C)nc2cc(N)ccc21. The van der Waals surface area contributed by atoms with Gasteiger partial charge >= 0.3 is 0 Å². The fourth-order valence-corrected chi connectivity index (χ4v) is 2.72. The number of nitrogens with zero attached hydrogens (tertiary/aromatic N) is 2. The standard InChI is InChI=1S/C15H14BrN3/c1-9-12(16)4-3-5-14(9)19-10(2)18-13-8-11(17)6-7-15(13)19/h3-8H,17H2,1-2H3. The molecule has 0 amide bonds. The lowest BCUT2D eigenvalue weighted by Gasteiger charge is -2.11. The largest absolute Gasteiger partial charge is 0.399 e. The van der Waals surface area contributed by atoms with E-state index in [1.165, 1.54) is 5.56 Å². The molecule has 4 heteroatoms. The van der Waals surface area contributed by atoms with Crippen molar-refractivity contribution in [2.45, 2.75) is 13.8 Å². The van der Waals surface area contributed by atoms with Gasteiger partial charge in [0, 0.05) is 10.2 Å². The summed E-state index contributed by atoms with van der Waals surface area (Å²) < 4.78 is 3.26. The van der Waals surface area contributed by atoms with Gasteiger partial charge in [0.2, 0.25) is 0 Å². The van der Waals surface area contributed by atoms with Gasteiger partial charge in [-0.05, 0) is 49.7 Å². The minimum atomic E-state index is 0.739. The summed E-state index contributed by atoms with van der Waals surface area (Å²) in [5.41, 5.74) is 10.9. The average Bonchev–Trinajstić information content (AvgIpc) is 2.68. The Hall–Kier alpha value is -1.81. The van der Waals surface area contributed by atoms with E-state index in [1.54, 1.807) is 0 Å². The molecule has 0 aliphatic heterocycles. The molecule has 19 heavy (non-hydrogen) atoms. The topological polar surface area (TPSA) is 43.8 Å². The number of imidazole rings is 1. The van der Waals surface area contributed by atoms with E-state index in [2.05, 4.69) is 38.5 Å². The van der Waals surface area contributed by atoms with Gasteiger partial charge in [0.05, 0.1) is 16.7 Å². The Balaban J connectivity index is 2.36. The van der Waals surface area contributed by atoms with Gasteiger partial charge in [-0.2, -0.15) is 0 Å². The van der Waals surface area contributed by atoms with E-state index in [1.807, 2.05) is 37.3 Å². The molecule has 0 spiro atoms. The van der Waals surface area contributed by atoms with E-state index in [0.717, 1.165) is 32.7 Å². The van der Waals surface area contributed by atoms with Crippen molar-refractivity contribution in [1.82, 2.24) is 9.55 Å². The minimum Gasteiger partial charge on any atom is -0.399 e. The molecule has 0 radical (unpaired) electrons. The van der Waals surface area contributed by atoms with Crippen LogP contribution in [-0.2, 0) is 0 Å². The number of aromatic nitrogens is 2. The number of nitrogens with two attached hydrogens (primary N) is 1. The first-order valence-corrected chi connectivity index (χ1v) is 6.87. The van der Waals surface area contributed by atoms with Crippen LogP contribution in [0, 0.1) is 13.8 Å². The van der Waals surface area contributed by atoms with Crippen LogP contribution in [-0.4, -0.2) is 9.55 Å². The van der Waals surface area contributed by atoms with Crippen LogP contribution in [0.3, 0.4) is 0 Å². The highest BCUT2D eigenvalue weighted by molar-refractivity contribution is 9.10. The zero-order chi connectivity index (χ0) is 13.6. The molecule has 0 unspecified atom stereocenters. The first-order chi connectivity index (χ1) is 9.08. The van der Waals surface area contributed by atoms with Crippen molar-refractivity contribution in [2.75, 3.05) is 5.73 Å². The first kappa shape index (κ1) is 12.2. The molecule has 0 saturated heterocycles. The Morgan fingerprint density at radius 3 is 2.74 bits per heavy atom. The minimum absolute atomic E-state index is 0.739. The zero-order valence-electron chi connectivity index (χ0n) is 10.8. The summed E-state index contributed by atoms with van der Waals surface area (Å²) in [6, 6.07) is 12.0. The molecule has 3 nitrogen and oxygen atoms in total. The lowest BCUT2D eigenvalue weighted by atomic mass is 10.2. The Bertz CT molecular complexity index is 774. The molecule has 0 atom stereocenters. The second-order valence-corrected chi connectivity index (χ2v) is 5.48. The highest BCUT2D eigenvalue weighted by Crippen LogP contribution is 2.28. The normalized spacial score (nSPS) is 11.1. The predicted molar refractivity (Wildman–Crippen MR) is 82.7 cm³/mol. The number of nitrogen functional groups attached to an aromatic ring is 1. The number of hydrogen-bond donors (Lipinski definition) is 1. The van der Waals surface area contributed by atoms with Crippen LogP contribution in [0.5, 0.6) is 0 Å². The lowest BCUT2D eigenvalue weighted by Crippen LogP contribution is -1.99. The van der Waals surface area contributed by atoms with Gasteiger partial charge in [-0.15, -0.1) is 0 Å². The lowest BCUT2D eigenvalue weighted by molar-refractivity contribution is 0.988. The molecule has 0 aliphatic rings. The van der Waals surface area contributed by atoms with Crippen molar-refractivity contribution < 1.29 is 0 Å². The van der Waals surface area contributed by atoms with Crippen molar-refractivity contribution >= 4 is 32.7 Å². The third kappa shape index (κ3) is 1.92. The van der Waals surface area contributed by atoms with Crippen molar-refractivity contribution in [3.8, 4) is 5.69 Å². The van der Waals surface area contributed by atoms with Crippen molar-refractivity contribution in [1.29, 1.82) is 0 Å². The summed E-state index contributed by atoms with van der Waals surface area (Å²) in [6.45, 7) is 4.11. The van der Waals surface area contributed by atoms with Crippen molar-refractivity contribution in [3.63, 3.8) is 0 Å². The molecule has 0 aliphatic carbocycles. The number of halogens is 1. The molecule has 2 N–H and O–H groups in total. The van der Waals surface area contributed by atoms with E-state index < -0.39 is 0 Å². The number of anilines is 1. The third-order valence-electron chi connectivity index (χ3n) is 3.33. The van der Waals surface area contributed by atoms with Crippen LogP contribution in [0.15, 0.2) is 40.9 Å². The number of hydrogen-bond acceptors (Lipinski definition) is 2. The fourth-order valence-electron chi connectivity index (χ4n) is 2.36. The van der Waals surface area contributed by atoms with Gasteiger partial charge in [-0.3, -0.25) is 4.57 Å². The maximum atomic E-state index is 5.82. The van der Waals surface area contributed by atoms with Crippen LogP contribution in [0.25, 0.3) is 16.7 Å². The van der Waals surface area contributed by atoms with Gasteiger partial charge in [0.1, 0.15) is 5.82 Å². The summed E-state index contributed by atoms with van der Waals surface area (Å²) in [6.07, 6.45) is 0. The molecule has 3 aromatic rings. The Kier molecular flexibility index (Phi) is 2.82. The van der Waals surface area contributed by atoms with Gasteiger partial charge in [0.25, 0.3) is 0 Å². The summed E-state index contributed by atoms with van der Waals surface area (Å²) in [7, 11) is 0. The van der Waals surface area contributed by atoms with Gasteiger partial charge in [0.15, 0.2) is 0 Å². The number of benzene rings is 2. The predicted octanol–water partition coefficient (Wildman–Crippen LogP) is 3.99. The molecular formula is C15H14BrN3. The first-order valence-electron chi connectivity index (χ1n) is 6.08. The Labute approximate surface area is 120 Å². The molecule has 96 valence electrons. The maximum Gasteiger partial charge on any atom is 0.111 e. The summed E-state index contributed by atoms with van der Waals surface area (Å²) in [4.78, 5) is 4.59. The van der Waals surface area contributed by atoms with E-state index in [0.29, 0.717) is 0 Å². The number of fused-ring (bicyclic) bond motifs is 1. The maximum absolute atomic E-state index is 5.82. The van der Waals surface area contributed by atoms with Gasteiger partial charge < -0.3 is 5.73 Å². The molecule has 2 aromatic carbocycles. The number of aryl methyl sites for hydroxylation is 1. The fraction of sp³-hybridized carbons (Fsp3) is 0.133. The van der Waals surface area contributed by atoms with Crippen LogP contribution < -0.4 is 5.73 Å². The number of rotatable bonds is 1. The quantitative estimate of drug-likeness (QED) is 0.690. The molecular weight excluding hydrogens is 302 g/mol.